The molecule has 0 saturated carbocycles. The first kappa shape index (κ1) is 11.2. The Kier molecular flexibility index (Phi) is 3.21. The number of anilines is 1. The van der Waals surface area contributed by atoms with E-state index in [-0.39, 0.29) is 0 Å². The number of aromatic nitrogens is 1. The number of nitrogens with zero attached hydrogens (tertiary/aromatic N) is 1. The van der Waals surface area contributed by atoms with Crippen LogP contribution < -0.4 is 5.73 Å². The van der Waals surface area contributed by atoms with E-state index in [1.165, 1.54) is 11.3 Å². The minimum Gasteiger partial charge on any atom is -0.382 e. The summed E-state index contributed by atoms with van der Waals surface area (Å²) in [5.74, 6) is 0.487. The van der Waals surface area contributed by atoms with Gasteiger partial charge in [0.05, 0.1) is 10.0 Å². The van der Waals surface area contributed by atoms with Crippen LogP contribution in [0, 0.1) is 0 Å². The van der Waals surface area contributed by atoms with Crippen molar-refractivity contribution in [1.82, 2.24) is 4.98 Å². The lowest BCUT2D eigenvalue weighted by molar-refractivity contribution is 1.41. The first-order valence-corrected chi connectivity index (χ1v) is 6.31. The molecule has 0 amide bonds. The number of rotatable bonds is 1. The molecule has 6 heteroatoms. The molecule has 1 aromatic heterocycles. The van der Waals surface area contributed by atoms with Crippen LogP contribution in [0.2, 0.25) is 10.0 Å². The van der Waals surface area contributed by atoms with Crippen LogP contribution in [-0.2, 0) is 0 Å². The Bertz CT molecular complexity index is 493. The summed E-state index contributed by atoms with van der Waals surface area (Å²) in [6, 6.07) is 5.37. The number of hydrogen-bond acceptors (Lipinski definition) is 3. The average Bonchev–Trinajstić information content (AvgIpc) is 2.52. The second kappa shape index (κ2) is 4.29. The molecule has 0 unspecified atom stereocenters. The molecule has 0 aliphatic rings. The van der Waals surface area contributed by atoms with Crippen LogP contribution in [0.25, 0.3) is 10.6 Å². The Hall–Kier alpha value is -0.290. The van der Waals surface area contributed by atoms with E-state index in [4.69, 9.17) is 28.9 Å². The number of nitrogens with two attached hydrogens (primary N) is 1. The average molecular weight is 324 g/mol. The third-order valence-electron chi connectivity index (χ3n) is 1.78. The molecule has 0 atom stereocenters. The number of nitrogen functional groups attached to an aromatic ring is 1. The molecular weight excluding hydrogens is 319 g/mol. The number of benzene rings is 1. The highest BCUT2D eigenvalue weighted by atomic mass is 79.9. The summed E-state index contributed by atoms with van der Waals surface area (Å²) >= 11 is 16.5. The third kappa shape index (κ3) is 2.28. The number of halogens is 3. The van der Waals surface area contributed by atoms with Gasteiger partial charge in [-0.05, 0) is 28.1 Å². The van der Waals surface area contributed by atoms with Crippen molar-refractivity contribution in [2.24, 2.45) is 0 Å². The van der Waals surface area contributed by atoms with Crippen molar-refractivity contribution in [1.29, 1.82) is 0 Å². The van der Waals surface area contributed by atoms with Gasteiger partial charge in [-0.15, -0.1) is 11.3 Å². The lowest BCUT2D eigenvalue weighted by atomic mass is 10.2. The van der Waals surface area contributed by atoms with Gasteiger partial charge >= 0.3 is 0 Å². The van der Waals surface area contributed by atoms with Crippen molar-refractivity contribution in [3.63, 3.8) is 0 Å². The van der Waals surface area contributed by atoms with Gasteiger partial charge in [0.1, 0.15) is 14.6 Å². The zero-order valence-corrected chi connectivity index (χ0v) is 11.2. The summed E-state index contributed by atoms with van der Waals surface area (Å²) in [6.45, 7) is 0. The molecule has 2 aromatic rings. The first-order valence-electron chi connectivity index (χ1n) is 3.95. The molecule has 1 aromatic carbocycles. The van der Waals surface area contributed by atoms with Crippen molar-refractivity contribution in [3.8, 4) is 10.6 Å². The smallest absolute Gasteiger partial charge is 0.149 e. The molecule has 2 rings (SSSR count). The summed E-state index contributed by atoms with van der Waals surface area (Å²) in [4.78, 5) is 4.20. The van der Waals surface area contributed by atoms with Gasteiger partial charge in [0.15, 0.2) is 0 Å². The van der Waals surface area contributed by atoms with Crippen molar-refractivity contribution in [2.75, 3.05) is 5.73 Å². The van der Waals surface area contributed by atoms with Gasteiger partial charge in [0.25, 0.3) is 0 Å². The lowest BCUT2D eigenvalue weighted by Gasteiger charge is -1.98. The molecule has 0 spiro atoms. The predicted octanol–water partition coefficient (Wildman–Crippen LogP) is 4.46. The summed E-state index contributed by atoms with van der Waals surface area (Å²) in [5, 5.41) is 1.86. The second-order valence-electron chi connectivity index (χ2n) is 2.81. The highest BCUT2D eigenvalue weighted by Gasteiger charge is 2.09. The summed E-state index contributed by atoms with van der Waals surface area (Å²) in [5.41, 5.74) is 6.55. The molecule has 0 aliphatic heterocycles. The van der Waals surface area contributed by atoms with E-state index in [1.807, 2.05) is 6.07 Å². The topological polar surface area (TPSA) is 38.9 Å². The van der Waals surface area contributed by atoms with Gasteiger partial charge in [0, 0.05) is 5.56 Å². The molecule has 2 nitrogen and oxygen atoms in total. The maximum absolute atomic E-state index is 5.91. The maximum Gasteiger partial charge on any atom is 0.149 e. The van der Waals surface area contributed by atoms with Crippen molar-refractivity contribution in [3.05, 3.63) is 32.0 Å². The van der Waals surface area contributed by atoms with Gasteiger partial charge < -0.3 is 5.73 Å². The fourth-order valence-corrected chi connectivity index (χ4v) is 2.62. The molecule has 0 aliphatic carbocycles. The largest absolute Gasteiger partial charge is 0.382 e. The molecule has 1 heterocycles. The molecule has 15 heavy (non-hydrogen) atoms. The zero-order chi connectivity index (χ0) is 11.0. The van der Waals surface area contributed by atoms with E-state index in [1.54, 1.807) is 12.1 Å². The van der Waals surface area contributed by atoms with E-state index >= 15 is 0 Å². The van der Waals surface area contributed by atoms with Gasteiger partial charge in [-0.2, -0.15) is 0 Å². The van der Waals surface area contributed by atoms with Crippen LogP contribution in [0.3, 0.4) is 0 Å². The number of hydrogen-bond donors (Lipinski definition) is 1. The van der Waals surface area contributed by atoms with Crippen LogP contribution in [0.4, 0.5) is 5.82 Å². The third-order valence-corrected chi connectivity index (χ3v) is 4.32. The Morgan fingerprint density at radius 3 is 2.53 bits per heavy atom. The molecule has 2 N–H and O–H groups in total. The second-order valence-corrected chi connectivity index (χ2v) is 5.94. The van der Waals surface area contributed by atoms with Crippen LogP contribution in [0.1, 0.15) is 0 Å². The SMILES string of the molecule is Nc1nc(-c2ccc(Cl)c(Cl)c2)sc1Br. The standard InChI is InChI=1S/C9H5BrCl2N2S/c10-7-8(13)14-9(15-7)4-1-2-5(11)6(12)3-4/h1-3H,13H2. The zero-order valence-electron chi connectivity index (χ0n) is 7.30. The lowest BCUT2D eigenvalue weighted by Crippen LogP contribution is -1.84. The minimum atomic E-state index is 0.487. The van der Waals surface area contributed by atoms with Crippen molar-refractivity contribution < 1.29 is 0 Å². The number of thiazole rings is 1. The minimum absolute atomic E-state index is 0.487. The van der Waals surface area contributed by atoms with E-state index in [2.05, 4.69) is 20.9 Å². The summed E-state index contributed by atoms with van der Waals surface area (Å²) < 4.78 is 0.823. The van der Waals surface area contributed by atoms with Crippen LogP contribution in [0.15, 0.2) is 22.0 Å². The fourth-order valence-electron chi connectivity index (χ4n) is 1.07. The van der Waals surface area contributed by atoms with E-state index < -0.39 is 0 Å². The quantitative estimate of drug-likeness (QED) is 0.841. The van der Waals surface area contributed by atoms with E-state index in [0.29, 0.717) is 15.9 Å². The molecular formula is C9H5BrCl2N2S. The summed E-state index contributed by atoms with van der Waals surface area (Å²) in [7, 11) is 0. The Morgan fingerprint density at radius 1 is 1.27 bits per heavy atom. The van der Waals surface area contributed by atoms with Gasteiger partial charge in [0.2, 0.25) is 0 Å². The molecule has 0 fully saturated rings. The highest BCUT2D eigenvalue weighted by Crippen LogP contribution is 2.35. The fraction of sp³-hybridized carbons (Fsp3) is 0. The molecule has 78 valence electrons. The van der Waals surface area contributed by atoms with Gasteiger partial charge in [-0.25, -0.2) is 4.98 Å². The molecule has 0 saturated heterocycles. The Morgan fingerprint density at radius 2 is 2.00 bits per heavy atom. The summed E-state index contributed by atoms with van der Waals surface area (Å²) in [6.07, 6.45) is 0. The van der Waals surface area contributed by atoms with E-state index in [0.717, 1.165) is 14.4 Å². The van der Waals surface area contributed by atoms with Crippen LogP contribution >= 0.6 is 50.5 Å². The van der Waals surface area contributed by atoms with Gasteiger partial charge in [-0.3, -0.25) is 0 Å². The van der Waals surface area contributed by atoms with Crippen molar-refractivity contribution in [2.45, 2.75) is 0 Å². The molecule has 0 bridgehead atoms. The first-order chi connectivity index (χ1) is 7.08. The molecule has 0 radical (unpaired) electrons. The normalized spacial score (nSPS) is 10.6. The van der Waals surface area contributed by atoms with Crippen molar-refractivity contribution >= 4 is 56.3 Å². The van der Waals surface area contributed by atoms with Gasteiger partial charge in [-0.1, -0.05) is 29.3 Å². The predicted molar refractivity (Wildman–Crippen MR) is 69.7 cm³/mol. The van der Waals surface area contributed by atoms with E-state index in [9.17, 15) is 0 Å². The Balaban J connectivity index is 2.49. The Labute approximate surface area is 109 Å². The maximum atomic E-state index is 5.91. The van der Waals surface area contributed by atoms with Crippen LogP contribution in [0.5, 0.6) is 0 Å². The highest BCUT2D eigenvalue weighted by molar-refractivity contribution is 9.11. The monoisotopic (exact) mass is 322 g/mol. The van der Waals surface area contributed by atoms with Crippen LogP contribution in [-0.4, -0.2) is 4.98 Å².